The Morgan fingerprint density at radius 2 is 1.68 bits per heavy atom. The molecule has 0 radical (unpaired) electrons. The Morgan fingerprint density at radius 1 is 1.03 bits per heavy atom. The number of carbonyl (C=O) groups excluding carboxylic acids is 1. The van der Waals surface area contributed by atoms with Gasteiger partial charge in [-0.1, -0.05) is 12.1 Å². The lowest BCUT2D eigenvalue weighted by Crippen LogP contribution is -2.36. The number of rotatable bonds is 7. The molecule has 2 aromatic heterocycles. The quantitative estimate of drug-likeness (QED) is 0.319. The molecule has 1 aliphatic rings. The van der Waals surface area contributed by atoms with Gasteiger partial charge in [-0.05, 0) is 60.0 Å². The number of amides is 1. The molecule has 3 heterocycles. The number of hydrogen-bond acceptors (Lipinski definition) is 7. The number of hydrogen-bond donors (Lipinski definition) is 3. The number of carbonyl (C=O) groups is 1. The van der Waals surface area contributed by atoms with E-state index in [-0.39, 0.29) is 22.5 Å². The third-order valence-electron chi connectivity index (χ3n) is 6.61. The minimum absolute atomic E-state index is 0.0713. The fraction of sp³-hybridized carbons (Fsp3) is 0.250. The monoisotopic (exact) mass is 518 g/mol. The van der Waals surface area contributed by atoms with Crippen LogP contribution in [0, 0.1) is 5.82 Å². The Kier molecular flexibility index (Phi) is 7.19. The normalized spacial score (nSPS) is 13.8. The molecule has 1 saturated heterocycles. The molecule has 0 bridgehead atoms. The second-order valence-electron chi connectivity index (χ2n) is 9.17. The maximum absolute atomic E-state index is 13.7. The SMILES string of the molecule is NC(=O)c1c(CC(O)O)c2ncc(Cc3ccc(F)cc3)cc2n(-c2ccc(N3CCOCC3)cc2)c1=O. The maximum Gasteiger partial charge on any atom is 0.268 e. The van der Waals surface area contributed by atoms with E-state index < -0.39 is 24.2 Å². The molecule has 1 amide bonds. The summed E-state index contributed by atoms with van der Waals surface area (Å²) in [4.78, 5) is 32.8. The lowest BCUT2D eigenvalue weighted by molar-refractivity contribution is -0.0380. The minimum atomic E-state index is -1.82. The Morgan fingerprint density at radius 3 is 2.32 bits per heavy atom. The zero-order valence-corrected chi connectivity index (χ0v) is 20.5. The molecule has 0 spiro atoms. The third-order valence-corrected chi connectivity index (χ3v) is 6.61. The van der Waals surface area contributed by atoms with Crippen LogP contribution in [0.25, 0.3) is 16.7 Å². The van der Waals surface area contributed by atoms with E-state index in [0.717, 1.165) is 29.9 Å². The van der Waals surface area contributed by atoms with Crippen LogP contribution in [0.5, 0.6) is 0 Å². The fourth-order valence-corrected chi connectivity index (χ4v) is 4.83. The van der Waals surface area contributed by atoms with Crippen LogP contribution in [0.15, 0.2) is 65.6 Å². The van der Waals surface area contributed by atoms with Gasteiger partial charge in [0, 0.05) is 42.6 Å². The van der Waals surface area contributed by atoms with Gasteiger partial charge in [-0.15, -0.1) is 0 Å². The molecule has 0 saturated carbocycles. The zero-order valence-electron chi connectivity index (χ0n) is 20.5. The van der Waals surface area contributed by atoms with Crippen LogP contribution in [0.1, 0.15) is 27.0 Å². The van der Waals surface area contributed by atoms with E-state index in [0.29, 0.717) is 30.8 Å². The standard InChI is InChI=1S/C28H27FN4O5/c29-19-3-1-17(2-4-19)13-18-14-23-26(31-16-18)22(15-24(34)35)25(27(30)36)28(37)33(23)21-7-5-20(6-8-21)32-9-11-38-12-10-32/h1-8,14,16,24,34-35H,9-13,15H2,(H2,30,36). The van der Waals surface area contributed by atoms with Gasteiger partial charge >= 0.3 is 0 Å². The highest BCUT2D eigenvalue weighted by Crippen LogP contribution is 2.26. The molecule has 4 aromatic rings. The van der Waals surface area contributed by atoms with E-state index in [1.807, 2.05) is 12.1 Å². The predicted octanol–water partition coefficient (Wildman–Crippen LogP) is 1.90. The number of pyridine rings is 2. The van der Waals surface area contributed by atoms with Crippen molar-refractivity contribution in [3.63, 3.8) is 0 Å². The number of primary amides is 1. The van der Waals surface area contributed by atoms with Crippen LogP contribution in [0.3, 0.4) is 0 Å². The van der Waals surface area contributed by atoms with E-state index in [1.165, 1.54) is 16.7 Å². The number of fused-ring (bicyclic) bond motifs is 1. The third kappa shape index (κ3) is 5.14. The van der Waals surface area contributed by atoms with Crippen LogP contribution in [0.4, 0.5) is 10.1 Å². The van der Waals surface area contributed by atoms with Gasteiger partial charge in [0.15, 0.2) is 6.29 Å². The van der Waals surface area contributed by atoms with E-state index in [9.17, 15) is 24.2 Å². The first-order valence-corrected chi connectivity index (χ1v) is 12.2. The first-order valence-electron chi connectivity index (χ1n) is 12.2. The van der Waals surface area contributed by atoms with Gasteiger partial charge in [-0.3, -0.25) is 19.1 Å². The predicted molar refractivity (Wildman–Crippen MR) is 140 cm³/mol. The molecular weight excluding hydrogens is 491 g/mol. The zero-order chi connectivity index (χ0) is 26.8. The molecule has 4 N–H and O–H groups in total. The van der Waals surface area contributed by atoms with Crippen molar-refractivity contribution in [3.8, 4) is 5.69 Å². The summed E-state index contributed by atoms with van der Waals surface area (Å²) in [6, 6.07) is 15.2. The van der Waals surface area contributed by atoms with Crippen LogP contribution >= 0.6 is 0 Å². The molecule has 1 aliphatic heterocycles. The van der Waals surface area contributed by atoms with Crippen LogP contribution in [-0.4, -0.2) is 58.3 Å². The van der Waals surface area contributed by atoms with Crippen molar-refractivity contribution in [1.82, 2.24) is 9.55 Å². The molecule has 0 unspecified atom stereocenters. The summed E-state index contributed by atoms with van der Waals surface area (Å²) < 4.78 is 20.2. The number of anilines is 1. The summed E-state index contributed by atoms with van der Waals surface area (Å²) in [5.41, 5.74) is 8.34. The number of halogens is 1. The molecule has 5 rings (SSSR count). The number of nitrogens with zero attached hydrogens (tertiary/aromatic N) is 3. The second-order valence-corrected chi connectivity index (χ2v) is 9.17. The molecule has 0 aliphatic carbocycles. The number of benzene rings is 2. The van der Waals surface area contributed by atoms with Gasteiger partial charge in [0.25, 0.3) is 11.5 Å². The fourth-order valence-electron chi connectivity index (χ4n) is 4.83. The van der Waals surface area contributed by atoms with Gasteiger partial charge in [0.2, 0.25) is 0 Å². The maximum atomic E-state index is 13.7. The molecule has 2 aromatic carbocycles. The number of aromatic nitrogens is 2. The molecule has 1 fully saturated rings. The second kappa shape index (κ2) is 10.7. The molecular formula is C28H27FN4O5. The number of aliphatic hydroxyl groups excluding tert-OH is 1. The van der Waals surface area contributed by atoms with Crippen molar-refractivity contribution in [1.29, 1.82) is 0 Å². The van der Waals surface area contributed by atoms with Crippen molar-refractivity contribution >= 4 is 22.6 Å². The first-order chi connectivity index (χ1) is 18.3. The summed E-state index contributed by atoms with van der Waals surface area (Å²) in [6.07, 6.45) is -0.214. The van der Waals surface area contributed by atoms with Gasteiger partial charge < -0.3 is 25.6 Å². The van der Waals surface area contributed by atoms with E-state index in [2.05, 4.69) is 9.88 Å². The van der Waals surface area contributed by atoms with Crippen LogP contribution < -0.4 is 16.2 Å². The smallest absolute Gasteiger partial charge is 0.268 e. The average Bonchev–Trinajstić information content (AvgIpc) is 2.90. The molecule has 10 heteroatoms. The van der Waals surface area contributed by atoms with Gasteiger partial charge in [-0.25, -0.2) is 4.39 Å². The molecule has 9 nitrogen and oxygen atoms in total. The van der Waals surface area contributed by atoms with Gasteiger partial charge in [0.05, 0.1) is 24.2 Å². The summed E-state index contributed by atoms with van der Waals surface area (Å²) in [5, 5.41) is 19.4. The highest BCUT2D eigenvalue weighted by Gasteiger charge is 2.24. The van der Waals surface area contributed by atoms with Crippen LogP contribution in [0.2, 0.25) is 0 Å². The van der Waals surface area contributed by atoms with Crippen LogP contribution in [-0.2, 0) is 17.6 Å². The highest BCUT2D eigenvalue weighted by molar-refractivity contribution is 5.99. The number of aliphatic hydroxyl groups is 2. The Hall–Kier alpha value is -4.12. The highest BCUT2D eigenvalue weighted by atomic mass is 19.1. The summed E-state index contributed by atoms with van der Waals surface area (Å²) >= 11 is 0. The van der Waals surface area contributed by atoms with Gasteiger partial charge in [-0.2, -0.15) is 0 Å². The molecule has 38 heavy (non-hydrogen) atoms. The van der Waals surface area contributed by atoms with Crippen molar-refractivity contribution in [2.75, 3.05) is 31.2 Å². The largest absolute Gasteiger partial charge is 0.378 e. The summed E-state index contributed by atoms with van der Waals surface area (Å²) in [5.74, 6) is -1.32. The topological polar surface area (TPSA) is 131 Å². The Bertz CT molecular complexity index is 1530. The molecule has 0 atom stereocenters. The van der Waals surface area contributed by atoms with E-state index in [4.69, 9.17) is 10.5 Å². The van der Waals surface area contributed by atoms with Crippen molar-refractivity contribution in [2.24, 2.45) is 5.73 Å². The lowest BCUT2D eigenvalue weighted by Gasteiger charge is -2.29. The summed E-state index contributed by atoms with van der Waals surface area (Å²) in [6.45, 7) is 2.77. The Balaban J connectivity index is 1.68. The minimum Gasteiger partial charge on any atom is -0.378 e. The first kappa shape index (κ1) is 25.5. The number of nitrogens with two attached hydrogens (primary N) is 1. The number of morpholine rings is 1. The van der Waals surface area contributed by atoms with Crippen molar-refractivity contribution < 1.29 is 24.1 Å². The van der Waals surface area contributed by atoms with E-state index in [1.54, 1.807) is 36.5 Å². The summed E-state index contributed by atoms with van der Waals surface area (Å²) in [7, 11) is 0. The van der Waals surface area contributed by atoms with Gasteiger partial charge in [0.1, 0.15) is 11.4 Å². The number of ether oxygens (including phenoxy) is 1. The lowest BCUT2D eigenvalue weighted by atomic mass is 10.00. The van der Waals surface area contributed by atoms with Crippen molar-refractivity contribution in [2.45, 2.75) is 19.1 Å². The van der Waals surface area contributed by atoms with E-state index >= 15 is 0 Å². The Labute approximate surface area is 217 Å². The average molecular weight is 519 g/mol. The molecule has 196 valence electrons. The van der Waals surface area contributed by atoms with Crippen molar-refractivity contribution in [3.05, 3.63) is 99.2 Å².